The molecule has 1 heterocycles. The minimum absolute atomic E-state index is 0.00764. The molecule has 2 heteroatoms. The second-order valence-corrected chi connectivity index (χ2v) is 10.5. The molecule has 0 bridgehead atoms. The summed E-state index contributed by atoms with van der Waals surface area (Å²) >= 11 is 0. The lowest BCUT2D eigenvalue weighted by molar-refractivity contribution is -0.659. The highest BCUT2D eigenvalue weighted by Crippen LogP contribution is 2.56. The van der Waals surface area contributed by atoms with Crippen LogP contribution < -0.4 is 4.57 Å². The van der Waals surface area contributed by atoms with E-state index in [4.69, 9.17) is 0 Å². The highest BCUT2D eigenvalue weighted by Gasteiger charge is 2.47. The van der Waals surface area contributed by atoms with E-state index in [1.807, 2.05) is 0 Å². The van der Waals surface area contributed by atoms with E-state index >= 15 is 0 Å². The van der Waals surface area contributed by atoms with Crippen molar-refractivity contribution in [2.24, 2.45) is 14.1 Å². The molecule has 0 amide bonds. The third-order valence-electron chi connectivity index (χ3n) is 8.11. The van der Waals surface area contributed by atoms with Crippen molar-refractivity contribution in [3.05, 3.63) is 77.1 Å². The van der Waals surface area contributed by atoms with Gasteiger partial charge in [0, 0.05) is 5.41 Å². The average Bonchev–Trinajstić information content (AvgIpc) is 3.04. The predicted octanol–water partition coefficient (Wildman–Crippen LogP) is 6.52. The predicted molar refractivity (Wildman–Crippen MR) is 130 cm³/mol. The maximum atomic E-state index is 2.45. The maximum Gasteiger partial charge on any atom is 0.288 e. The van der Waals surface area contributed by atoms with E-state index in [1.165, 1.54) is 55.5 Å². The number of hydrogen-bond acceptors (Lipinski definition) is 0. The van der Waals surface area contributed by atoms with Crippen LogP contribution in [0.5, 0.6) is 0 Å². The standard InChI is InChI=1S/C29H33N2/c1-18-9-11-21-20(15-18)10-12-22-24-17-23(27-30(7)13-14-31(27)8)19(2)16-25(24)28(3,4)29(5,6)26(21)22/h9-17H,1-8H3/q+1. The van der Waals surface area contributed by atoms with Crippen molar-refractivity contribution in [3.8, 4) is 22.5 Å². The molecule has 31 heavy (non-hydrogen) atoms. The smallest absolute Gasteiger partial charge is 0.233 e. The molecule has 0 aliphatic heterocycles. The lowest BCUT2D eigenvalue weighted by Crippen LogP contribution is -2.43. The quantitative estimate of drug-likeness (QED) is 0.316. The topological polar surface area (TPSA) is 8.81 Å². The Hall–Kier alpha value is -2.87. The van der Waals surface area contributed by atoms with Crippen molar-refractivity contribution < 1.29 is 4.57 Å². The monoisotopic (exact) mass is 409 g/mol. The molecule has 4 aromatic rings. The molecule has 0 saturated heterocycles. The molecule has 3 aromatic carbocycles. The third-order valence-corrected chi connectivity index (χ3v) is 8.11. The van der Waals surface area contributed by atoms with Gasteiger partial charge in [-0.2, -0.15) is 0 Å². The molecule has 5 rings (SSSR count). The van der Waals surface area contributed by atoms with Gasteiger partial charge in [-0.05, 0) is 63.9 Å². The maximum absolute atomic E-state index is 2.45. The van der Waals surface area contributed by atoms with Crippen molar-refractivity contribution >= 4 is 10.8 Å². The van der Waals surface area contributed by atoms with E-state index in [1.54, 1.807) is 0 Å². The summed E-state index contributed by atoms with van der Waals surface area (Å²) in [5, 5.41) is 2.73. The molecule has 0 atom stereocenters. The number of aromatic nitrogens is 2. The van der Waals surface area contributed by atoms with E-state index in [0.717, 1.165) is 0 Å². The van der Waals surface area contributed by atoms with E-state index in [2.05, 4.69) is 120 Å². The van der Waals surface area contributed by atoms with Gasteiger partial charge in [-0.3, -0.25) is 0 Å². The van der Waals surface area contributed by atoms with Gasteiger partial charge in [0.1, 0.15) is 12.4 Å². The van der Waals surface area contributed by atoms with Crippen LogP contribution in [0, 0.1) is 13.8 Å². The van der Waals surface area contributed by atoms with Gasteiger partial charge >= 0.3 is 0 Å². The zero-order chi connectivity index (χ0) is 22.3. The Balaban J connectivity index is 1.91. The van der Waals surface area contributed by atoms with Crippen molar-refractivity contribution in [1.82, 2.24) is 4.57 Å². The first kappa shape index (κ1) is 20.1. The van der Waals surface area contributed by atoms with Gasteiger partial charge in [-0.15, -0.1) is 0 Å². The molecule has 0 saturated carbocycles. The van der Waals surface area contributed by atoms with Gasteiger partial charge in [0.2, 0.25) is 0 Å². The SMILES string of the molecule is Cc1ccc2c3c(ccc2c1)-c1cc(-c2n(C)cc[n+]2C)c(C)cc1C(C)(C)C3(C)C. The van der Waals surface area contributed by atoms with Crippen LogP contribution in [-0.2, 0) is 24.9 Å². The second kappa shape index (κ2) is 6.32. The Morgan fingerprint density at radius 2 is 1.55 bits per heavy atom. The van der Waals surface area contributed by atoms with Crippen molar-refractivity contribution in [3.63, 3.8) is 0 Å². The van der Waals surface area contributed by atoms with Crippen LogP contribution in [0.15, 0.2) is 54.9 Å². The highest BCUT2D eigenvalue weighted by molar-refractivity contribution is 5.96. The lowest BCUT2D eigenvalue weighted by Gasteiger charge is -2.49. The summed E-state index contributed by atoms with van der Waals surface area (Å²) in [5.74, 6) is 1.24. The first-order valence-corrected chi connectivity index (χ1v) is 11.2. The van der Waals surface area contributed by atoms with E-state index in [0.29, 0.717) is 0 Å². The first-order chi connectivity index (χ1) is 14.5. The summed E-state index contributed by atoms with van der Waals surface area (Å²) in [6, 6.07) is 16.5. The lowest BCUT2D eigenvalue weighted by atomic mass is 9.54. The van der Waals surface area contributed by atoms with E-state index < -0.39 is 0 Å². The third kappa shape index (κ3) is 2.60. The van der Waals surface area contributed by atoms with Crippen LogP contribution in [0.3, 0.4) is 0 Å². The van der Waals surface area contributed by atoms with E-state index in [9.17, 15) is 0 Å². The summed E-state index contributed by atoms with van der Waals surface area (Å²) in [6.45, 7) is 14.1. The fraction of sp³-hybridized carbons (Fsp3) is 0.345. The van der Waals surface area contributed by atoms with Gasteiger partial charge in [-0.25, -0.2) is 9.13 Å². The number of aryl methyl sites for hydroxylation is 4. The zero-order valence-corrected chi connectivity index (χ0v) is 20.1. The summed E-state index contributed by atoms with van der Waals surface area (Å²) < 4.78 is 4.44. The zero-order valence-electron chi connectivity index (χ0n) is 20.1. The van der Waals surface area contributed by atoms with Crippen LogP contribution in [0.25, 0.3) is 33.3 Å². The summed E-state index contributed by atoms with van der Waals surface area (Å²) in [5.41, 5.74) is 9.66. The average molecular weight is 410 g/mol. The van der Waals surface area contributed by atoms with Crippen molar-refractivity contribution in [2.45, 2.75) is 52.4 Å². The van der Waals surface area contributed by atoms with Crippen LogP contribution in [0.1, 0.15) is 49.9 Å². The molecule has 0 radical (unpaired) electrons. The Labute approximate surface area is 186 Å². The number of nitrogens with zero attached hydrogens (tertiary/aromatic N) is 2. The highest BCUT2D eigenvalue weighted by atomic mass is 15.1. The summed E-state index contributed by atoms with van der Waals surface area (Å²) in [4.78, 5) is 0. The van der Waals surface area contributed by atoms with Crippen LogP contribution >= 0.6 is 0 Å². The van der Waals surface area contributed by atoms with Crippen LogP contribution in [-0.4, -0.2) is 4.57 Å². The van der Waals surface area contributed by atoms with Gasteiger partial charge in [0.25, 0.3) is 5.82 Å². The Bertz CT molecular complexity index is 1350. The largest absolute Gasteiger partial charge is 0.288 e. The minimum atomic E-state index is 0.00764. The molecule has 0 N–H and O–H groups in total. The number of hydrogen-bond donors (Lipinski definition) is 0. The summed E-state index contributed by atoms with van der Waals surface area (Å²) in [7, 11) is 4.26. The fourth-order valence-corrected chi connectivity index (χ4v) is 5.65. The Morgan fingerprint density at radius 1 is 0.806 bits per heavy atom. The molecule has 0 spiro atoms. The molecule has 1 aromatic heterocycles. The molecular formula is C29H33N2+. The molecule has 158 valence electrons. The van der Waals surface area contributed by atoms with Crippen molar-refractivity contribution in [2.75, 3.05) is 0 Å². The minimum Gasteiger partial charge on any atom is -0.233 e. The molecular weight excluding hydrogens is 376 g/mol. The number of rotatable bonds is 1. The number of imidazole rings is 1. The summed E-state index contributed by atoms with van der Waals surface area (Å²) in [6.07, 6.45) is 4.26. The molecule has 1 aliphatic rings. The fourth-order valence-electron chi connectivity index (χ4n) is 5.65. The van der Waals surface area contributed by atoms with Crippen LogP contribution in [0.2, 0.25) is 0 Å². The van der Waals surface area contributed by atoms with Gasteiger partial charge in [0.05, 0.1) is 19.7 Å². The Kier molecular flexibility index (Phi) is 4.09. The normalized spacial score (nSPS) is 16.3. The molecule has 2 nitrogen and oxygen atoms in total. The molecule has 0 unspecified atom stereocenters. The second-order valence-electron chi connectivity index (χ2n) is 10.5. The van der Waals surface area contributed by atoms with Gasteiger partial charge < -0.3 is 0 Å². The van der Waals surface area contributed by atoms with E-state index in [-0.39, 0.29) is 10.8 Å². The number of benzene rings is 3. The molecule has 0 fully saturated rings. The van der Waals surface area contributed by atoms with Crippen molar-refractivity contribution in [1.29, 1.82) is 0 Å². The number of fused-ring (bicyclic) bond motifs is 5. The first-order valence-electron chi connectivity index (χ1n) is 11.2. The van der Waals surface area contributed by atoms with Gasteiger partial charge in [0.15, 0.2) is 0 Å². The molecule has 1 aliphatic carbocycles. The van der Waals surface area contributed by atoms with Crippen LogP contribution in [0.4, 0.5) is 0 Å². The van der Waals surface area contributed by atoms with Gasteiger partial charge in [-0.1, -0.05) is 69.7 Å². The Morgan fingerprint density at radius 3 is 2.23 bits per heavy atom.